The van der Waals surface area contributed by atoms with Crippen LogP contribution in [0.5, 0.6) is 0 Å². The largest absolute Gasteiger partial charge is 0.402 e. The van der Waals surface area contributed by atoms with Gasteiger partial charge in [0.1, 0.15) is 0 Å². The Hall–Kier alpha value is -0.790. The lowest BCUT2D eigenvalue weighted by molar-refractivity contribution is 0.732. The molecular weight excluding hydrogens is 148 g/mol. The van der Waals surface area contributed by atoms with Crippen LogP contribution in [0.15, 0.2) is 16.8 Å². The zero-order chi connectivity index (χ0) is 8.97. The highest BCUT2D eigenvalue weighted by Crippen LogP contribution is 2.10. The molecule has 0 amide bonds. The van der Waals surface area contributed by atoms with Gasteiger partial charge in [-0.15, -0.1) is 0 Å². The molecule has 0 bridgehead atoms. The van der Waals surface area contributed by atoms with Gasteiger partial charge < -0.3 is 5.73 Å². The minimum Gasteiger partial charge on any atom is -0.402 e. The highest BCUT2D eigenvalue weighted by Gasteiger charge is 2.04. The summed E-state index contributed by atoms with van der Waals surface area (Å²) in [5.41, 5.74) is 7.97. The van der Waals surface area contributed by atoms with Gasteiger partial charge in [-0.05, 0) is 31.3 Å². The fraction of sp³-hybridized carbons (Fsp3) is 0.700. The number of nitrogens with two attached hydrogens (primary N) is 1. The van der Waals surface area contributed by atoms with Crippen LogP contribution in [0.25, 0.3) is 0 Å². The second kappa shape index (κ2) is 4.29. The summed E-state index contributed by atoms with van der Waals surface area (Å²) in [4.78, 5) is 4.41. The van der Waals surface area contributed by atoms with E-state index < -0.39 is 0 Å². The van der Waals surface area contributed by atoms with E-state index in [1.54, 1.807) is 0 Å². The molecule has 0 aromatic carbocycles. The molecule has 0 spiro atoms. The van der Waals surface area contributed by atoms with Crippen molar-refractivity contribution < 1.29 is 0 Å². The predicted octanol–water partition coefficient (Wildman–Crippen LogP) is 2.11. The van der Waals surface area contributed by atoms with E-state index in [2.05, 4.69) is 18.8 Å². The van der Waals surface area contributed by atoms with Crippen LogP contribution in [0.4, 0.5) is 0 Å². The van der Waals surface area contributed by atoms with Gasteiger partial charge >= 0.3 is 0 Å². The first kappa shape index (κ1) is 9.30. The molecule has 0 aliphatic carbocycles. The van der Waals surface area contributed by atoms with E-state index in [4.69, 9.17) is 5.73 Å². The van der Waals surface area contributed by atoms with Crippen molar-refractivity contribution in [3.05, 3.63) is 11.8 Å². The lowest BCUT2D eigenvalue weighted by Crippen LogP contribution is -2.10. The number of nitrogens with zero attached hydrogens (tertiary/aromatic N) is 1. The maximum absolute atomic E-state index is 5.83. The summed E-state index contributed by atoms with van der Waals surface area (Å²) in [7, 11) is 0. The smallest absolute Gasteiger partial charge is 0.0392 e. The van der Waals surface area contributed by atoms with Crippen molar-refractivity contribution in [2.45, 2.75) is 33.1 Å². The van der Waals surface area contributed by atoms with Crippen molar-refractivity contribution in [1.29, 1.82) is 0 Å². The molecule has 1 aliphatic heterocycles. The number of aliphatic imine (C=N–C) groups is 1. The van der Waals surface area contributed by atoms with Crippen LogP contribution in [-0.2, 0) is 0 Å². The normalized spacial score (nSPS) is 19.6. The second-order valence-electron chi connectivity index (χ2n) is 3.63. The summed E-state index contributed by atoms with van der Waals surface area (Å²) in [6.07, 6.45) is 5.65. The van der Waals surface area contributed by atoms with Gasteiger partial charge in [0, 0.05) is 18.0 Å². The fourth-order valence-electron chi connectivity index (χ4n) is 1.20. The van der Waals surface area contributed by atoms with Gasteiger partial charge in [-0.2, -0.15) is 0 Å². The molecule has 1 aliphatic rings. The molecule has 2 N–H and O–H groups in total. The van der Waals surface area contributed by atoms with E-state index in [0.717, 1.165) is 18.7 Å². The molecule has 0 fully saturated rings. The topological polar surface area (TPSA) is 38.4 Å². The lowest BCUT2D eigenvalue weighted by atomic mass is 10.0. The summed E-state index contributed by atoms with van der Waals surface area (Å²) in [6, 6.07) is 0. The van der Waals surface area contributed by atoms with Crippen LogP contribution >= 0.6 is 0 Å². The Morgan fingerprint density at radius 1 is 1.50 bits per heavy atom. The van der Waals surface area contributed by atoms with Gasteiger partial charge in [-0.1, -0.05) is 13.8 Å². The Kier molecular flexibility index (Phi) is 3.32. The molecule has 2 heteroatoms. The first-order valence-electron chi connectivity index (χ1n) is 4.70. The van der Waals surface area contributed by atoms with Crippen molar-refractivity contribution in [2.75, 3.05) is 6.54 Å². The standard InChI is InChI=1S/C10H18N2/c1-8(2)10(11)7-9-5-3-4-6-12-9/h7-8H,3-6,11H2,1-2H3/b10-7-. The molecule has 12 heavy (non-hydrogen) atoms. The van der Waals surface area contributed by atoms with Crippen LogP contribution in [0.3, 0.4) is 0 Å². The third kappa shape index (κ3) is 2.68. The SMILES string of the molecule is CC(C)/C(N)=C/C1=NCCCC1. The van der Waals surface area contributed by atoms with E-state index in [0.29, 0.717) is 5.92 Å². The average molecular weight is 166 g/mol. The molecule has 1 heterocycles. The zero-order valence-corrected chi connectivity index (χ0v) is 8.01. The Bertz CT molecular complexity index is 202. The van der Waals surface area contributed by atoms with Crippen molar-refractivity contribution in [3.8, 4) is 0 Å². The van der Waals surface area contributed by atoms with E-state index in [9.17, 15) is 0 Å². The van der Waals surface area contributed by atoms with Gasteiger partial charge in [-0.25, -0.2) is 0 Å². The van der Waals surface area contributed by atoms with Crippen molar-refractivity contribution in [3.63, 3.8) is 0 Å². The third-order valence-corrected chi connectivity index (χ3v) is 2.16. The lowest BCUT2D eigenvalue weighted by Gasteiger charge is -2.10. The second-order valence-corrected chi connectivity index (χ2v) is 3.63. The summed E-state index contributed by atoms with van der Waals surface area (Å²) in [5, 5.41) is 0. The maximum atomic E-state index is 5.83. The van der Waals surface area contributed by atoms with Crippen LogP contribution in [0, 0.1) is 5.92 Å². The number of hydrogen-bond acceptors (Lipinski definition) is 2. The Morgan fingerprint density at radius 3 is 2.75 bits per heavy atom. The Labute approximate surface area is 74.6 Å². The average Bonchev–Trinajstić information content (AvgIpc) is 2.06. The van der Waals surface area contributed by atoms with Gasteiger partial charge in [0.2, 0.25) is 0 Å². The highest BCUT2D eigenvalue weighted by atomic mass is 14.7. The highest BCUT2D eigenvalue weighted by molar-refractivity contribution is 5.95. The minimum atomic E-state index is 0.439. The summed E-state index contributed by atoms with van der Waals surface area (Å²) in [6.45, 7) is 5.20. The van der Waals surface area contributed by atoms with Gasteiger partial charge in [-0.3, -0.25) is 4.99 Å². The van der Waals surface area contributed by atoms with Crippen LogP contribution in [0.2, 0.25) is 0 Å². The van der Waals surface area contributed by atoms with Gasteiger partial charge in [0.15, 0.2) is 0 Å². The maximum Gasteiger partial charge on any atom is 0.0392 e. The number of rotatable bonds is 2. The van der Waals surface area contributed by atoms with Crippen molar-refractivity contribution in [1.82, 2.24) is 0 Å². The number of allylic oxidation sites excluding steroid dienone is 2. The third-order valence-electron chi connectivity index (χ3n) is 2.16. The van der Waals surface area contributed by atoms with Gasteiger partial charge in [0.25, 0.3) is 0 Å². The molecule has 0 radical (unpaired) electrons. The fourth-order valence-corrected chi connectivity index (χ4v) is 1.20. The summed E-state index contributed by atoms with van der Waals surface area (Å²) >= 11 is 0. The molecule has 0 aromatic heterocycles. The van der Waals surface area contributed by atoms with Crippen LogP contribution in [-0.4, -0.2) is 12.3 Å². The van der Waals surface area contributed by atoms with Crippen molar-refractivity contribution >= 4 is 5.71 Å². The van der Waals surface area contributed by atoms with E-state index in [1.165, 1.54) is 18.6 Å². The first-order valence-corrected chi connectivity index (χ1v) is 4.70. The Balaban J connectivity index is 2.58. The van der Waals surface area contributed by atoms with E-state index in [-0.39, 0.29) is 0 Å². The predicted molar refractivity (Wildman–Crippen MR) is 53.3 cm³/mol. The quantitative estimate of drug-likeness (QED) is 0.670. The van der Waals surface area contributed by atoms with E-state index >= 15 is 0 Å². The molecule has 68 valence electrons. The molecule has 0 aromatic rings. The molecular formula is C10H18N2. The summed E-state index contributed by atoms with van der Waals surface area (Å²) in [5.74, 6) is 0.439. The Morgan fingerprint density at radius 2 is 2.25 bits per heavy atom. The molecule has 2 nitrogen and oxygen atoms in total. The van der Waals surface area contributed by atoms with Gasteiger partial charge in [0.05, 0.1) is 0 Å². The summed E-state index contributed by atoms with van der Waals surface area (Å²) < 4.78 is 0. The molecule has 0 unspecified atom stereocenters. The zero-order valence-electron chi connectivity index (χ0n) is 8.01. The monoisotopic (exact) mass is 166 g/mol. The van der Waals surface area contributed by atoms with Crippen LogP contribution in [0.1, 0.15) is 33.1 Å². The molecule has 0 saturated heterocycles. The molecule has 0 atom stereocenters. The molecule has 1 rings (SSSR count). The van der Waals surface area contributed by atoms with Crippen molar-refractivity contribution in [2.24, 2.45) is 16.6 Å². The number of hydrogen-bond donors (Lipinski definition) is 1. The first-order chi connectivity index (χ1) is 5.70. The minimum absolute atomic E-state index is 0.439. The molecule has 0 saturated carbocycles. The van der Waals surface area contributed by atoms with E-state index in [1.807, 2.05) is 6.08 Å². The van der Waals surface area contributed by atoms with Crippen LogP contribution < -0.4 is 5.73 Å².